The first kappa shape index (κ1) is 21.9. The highest BCUT2D eigenvalue weighted by Crippen LogP contribution is 2.40. The molecule has 30 heavy (non-hydrogen) atoms. The van der Waals surface area contributed by atoms with E-state index in [1.165, 1.54) is 6.07 Å². The predicted molar refractivity (Wildman–Crippen MR) is 108 cm³/mol. The van der Waals surface area contributed by atoms with Crippen LogP contribution in [0.4, 0.5) is 0 Å². The lowest BCUT2D eigenvalue weighted by Crippen LogP contribution is -2.54. The van der Waals surface area contributed by atoms with Crippen LogP contribution in [-0.2, 0) is 16.0 Å². The Morgan fingerprint density at radius 2 is 1.80 bits per heavy atom. The molecule has 3 rings (SSSR count). The summed E-state index contributed by atoms with van der Waals surface area (Å²) in [4.78, 5) is 22.6. The van der Waals surface area contributed by atoms with E-state index in [4.69, 9.17) is 21.1 Å². The van der Waals surface area contributed by atoms with Crippen molar-refractivity contribution < 1.29 is 34.4 Å². The van der Waals surface area contributed by atoms with Gasteiger partial charge in [0.1, 0.15) is 0 Å². The average Bonchev–Trinajstić information content (AvgIpc) is 3.11. The first-order valence-electron chi connectivity index (χ1n) is 9.36. The SMILES string of the molecule is CC(CCc1ccc2c(c1)OC(C(=O)O)(C(=O)O)O2)NCC(O)c1cccc(Cl)c1. The summed E-state index contributed by atoms with van der Waals surface area (Å²) >= 11 is 5.95. The Hall–Kier alpha value is -2.81. The summed E-state index contributed by atoms with van der Waals surface area (Å²) in [7, 11) is 0. The summed E-state index contributed by atoms with van der Waals surface area (Å²) in [5.41, 5.74) is 1.58. The van der Waals surface area contributed by atoms with Crippen LogP contribution in [0.5, 0.6) is 11.5 Å². The second-order valence-corrected chi connectivity index (χ2v) is 7.57. The smallest absolute Gasteiger partial charge is 0.453 e. The molecule has 0 fully saturated rings. The third kappa shape index (κ3) is 4.67. The van der Waals surface area contributed by atoms with E-state index >= 15 is 0 Å². The minimum absolute atomic E-state index is 0.0689. The number of hydrogen-bond donors (Lipinski definition) is 4. The molecule has 9 heteroatoms. The number of carboxylic acids is 2. The molecule has 8 nitrogen and oxygen atoms in total. The van der Waals surface area contributed by atoms with E-state index in [2.05, 4.69) is 5.32 Å². The van der Waals surface area contributed by atoms with Gasteiger partial charge in [0.2, 0.25) is 0 Å². The van der Waals surface area contributed by atoms with Crippen molar-refractivity contribution >= 4 is 23.5 Å². The summed E-state index contributed by atoms with van der Waals surface area (Å²) in [5.74, 6) is -6.08. The highest BCUT2D eigenvalue weighted by molar-refractivity contribution is 6.30. The zero-order valence-corrected chi connectivity index (χ0v) is 16.9. The topological polar surface area (TPSA) is 125 Å². The number of aliphatic hydroxyl groups excluding tert-OH is 1. The van der Waals surface area contributed by atoms with Gasteiger partial charge < -0.3 is 30.1 Å². The Balaban J connectivity index is 1.54. The van der Waals surface area contributed by atoms with Crippen LogP contribution in [0.3, 0.4) is 0 Å². The number of ether oxygens (including phenoxy) is 2. The van der Waals surface area contributed by atoms with Crippen molar-refractivity contribution in [2.24, 2.45) is 0 Å². The van der Waals surface area contributed by atoms with Gasteiger partial charge in [-0.3, -0.25) is 0 Å². The van der Waals surface area contributed by atoms with Crippen molar-refractivity contribution in [1.29, 1.82) is 0 Å². The minimum Gasteiger partial charge on any atom is -0.475 e. The lowest BCUT2D eigenvalue weighted by molar-refractivity contribution is -0.194. The molecular weight excluding hydrogens is 414 g/mol. The number of carboxylic acid groups (broad SMARTS) is 2. The fraction of sp³-hybridized carbons (Fsp3) is 0.333. The minimum atomic E-state index is -2.76. The number of halogens is 1. The van der Waals surface area contributed by atoms with Gasteiger partial charge in [0, 0.05) is 17.6 Å². The number of aliphatic hydroxyl groups is 1. The number of fused-ring (bicyclic) bond motifs is 1. The number of nitrogens with one attached hydrogen (secondary N) is 1. The summed E-state index contributed by atoms with van der Waals surface area (Å²) in [5, 5.41) is 32.5. The molecule has 4 N–H and O–H groups in total. The van der Waals surface area contributed by atoms with Crippen molar-refractivity contribution in [2.75, 3.05) is 6.54 Å². The lowest BCUT2D eigenvalue weighted by Gasteiger charge is -2.18. The molecule has 1 aliphatic rings. The third-order valence-electron chi connectivity index (χ3n) is 4.84. The van der Waals surface area contributed by atoms with Gasteiger partial charge in [0.05, 0.1) is 6.10 Å². The average molecular weight is 436 g/mol. The van der Waals surface area contributed by atoms with E-state index in [0.717, 1.165) is 17.5 Å². The first-order chi connectivity index (χ1) is 14.2. The van der Waals surface area contributed by atoms with E-state index < -0.39 is 23.8 Å². The molecule has 0 amide bonds. The standard InChI is InChI=1S/C21H22ClNO7/c1-12(23-11-16(24)14-3-2-4-15(22)10-14)5-6-13-7-8-17-18(9-13)30-21(29-17,19(25)26)20(27)28/h2-4,7-10,12,16,23-24H,5-6,11H2,1H3,(H,25,26)(H,27,28). The molecule has 0 aromatic heterocycles. The van der Waals surface area contributed by atoms with Crippen LogP contribution in [0.15, 0.2) is 42.5 Å². The monoisotopic (exact) mass is 435 g/mol. The molecular formula is C21H22ClNO7. The Labute approximate surface area is 178 Å². The molecule has 0 radical (unpaired) electrons. The van der Waals surface area contributed by atoms with E-state index in [9.17, 15) is 24.9 Å². The Morgan fingerprint density at radius 3 is 2.47 bits per heavy atom. The highest BCUT2D eigenvalue weighted by Gasteiger charge is 2.57. The number of aliphatic carboxylic acids is 2. The molecule has 0 spiro atoms. The Kier molecular flexibility index (Phi) is 6.50. The summed E-state index contributed by atoms with van der Waals surface area (Å²) in [6.45, 7) is 2.35. The Bertz CT molecular complexity index is 935. The van der Waals surface area contributed by atoms with Crippen molar-refractivity contribution in [3.63, 3.8) is 0 Å². The van der Waals surface area contributed by atoms with Gasteiger partial charge in [-0.2, -0.15) is 0 Å². The fourth-order valence-corrected chi connectivity index (χ4v) is 3.30. The molecule has 1 aliphatic heterocycles. The van der Waals surface area contributed by atoms with Crippen LogP contribution in [-0.4, -0.2) is 45.6 Å². The molecule has 1 heterocycles. The van der Waals surface area contributed by atoms with Crippen molar-refractivity contribution in [3.05, 3.63) is 58.6 Å². The van der Waals surface area contributed by atoms with Crippen LogP contribution in [0, 0.1) is 0 Å². The number of benzene rings is 2. The van der Waals surface area contributed by atoms with Crippen molar-refractivity contribution in [2.45, 2.75) is 37.7 Å². The molecule has 0 saturated carbocycles. The number of hydrogen-bond acceptors (Lipinski definition) is 6. The molecule has 0 saturated heterocycles. The summed E-state index contributed by atoms with van der Waals surface area (Å²) in [6, 6.07) is 12.0. The summed E-state index contributed by atoms with van der Waals surface area (Å²) in [6.07, 6.45) is 0.674. The normalized spacial score (nSPS) is 16.1. The van der Waals surface area contributed by atoms with Gasteiger partial charge >= 0.3 is 17.7 Å². The maximum atomic E-state index is 11.3. The molecule has 160 valence electrons. The van der Waals surface area contributed by atoms with Gasteiger partial charge in [0.25, 0.3) is 0 Å². The maximum absolute atomic E-state index is 11.3. The van der Waals surface area contributed by atoms with E-state index in [-0.39, 0.29) is 17.5 Å². The predicted octanol–water partition coefficient (Wildman–Crippen LogP) is 2.62. The molecule has 0 aliphatic carbocycles. The third-order valence-corrected chi connectivity index (χ3v) is 5.07. The van der Waals surface area contributed by atoms with Gasteiger partial charge in [-0.25, -0.2) is 9.59 Å². The van der Waals surface area contributed by atoms with E-state index in [0.29, 0.717) is 18.0 Å². The molecule has 2 aromatic carbocycles. The van der Waals surface area contributed by atoms with Gasteiger partial charge in [-0.05, 0) is 55.2 Å². The first-order valence-corrected chi connectivity index (χ1v) is 9.73. The summed E-state index contributed by atoms with van der Waals surface area (Å²) < 4.78 is 10.2. The Morgan fingerprint density at radius 1 is 1.10 bits per heavy atom. The van der Waals surface area contributed by atoms with Crippen LogP contribution in [0.25, 0.3) is 0 Å². The van der Waals surface area contributed by atoms with Crippen LogP contribution >= 0.6 is 11.6 Å². The van der Waals surface area contributed by atoms with Crippen molar-refractivity contribution in [3.8, 4) is 11.5 Å². The maximum Gasteiger partial charge on any atom is 0.453 e. The number of aryl methyl sites for hydroxylation is 1. The van der Waals surface area contributed by atoms with Crippen LogP contribution < -0.4 is 14.8 Å². The fourth-order valence-electron chi connectivity index (χ4n) is 3.10. The quantitative estimate of drug-likeness (QED) is 0.443. The highest BCUT2D eigenvalue weighted by atomic mass is 35.5. The molecule has 2 atom stereocenters. The van der Waals surface area contributed by atoms with E-state index in [1.54, 1.807) is 30.3 Å². The van der Waals surface area contributed by atoms with Crippen LogP contribution in [0.2, 0.25) is 5.02 Å². The van der Waals surface area contributed by atoms with Gasteiger partial charge in [-0.1, -0.05) is 29.8 Å². The second kappa shape index (κ2) is 8.91. The van der Waals surface area contributed by atoms with E-state index in [1.807, 2.05) is 13.0 Å². The zero-order chi connectivity index (χ0) is 21.9. The zero-order valence-electron chi connectivity index (χ0n) is 16.2. The van der Waals surface area contributed by atoms with Crippen LogP contribution in [0.1, 0.15) is 30.6 Å². The molecule has 2 aromatic rings. The lowest BCUT2D eigenvalue weighted by atomic mass is 10.0. The van der Waals surface area contributed by atoms with Crippen molar-refractivity contribution in [1.82, 2.24) is 5.32 Å². The number of carbonyl (C=O) groups is 2. The second-order valence-electron chi connectivity index (χ2n) is 7.13. The number of rotatable bonds is 9. The molecule has 0 bridgehead atoms. The van der Waals surface area contributed by atoms with Gasteiger partial charge in [0.15, 0.2) is 11.5 Å². The largest absolute Gasteiger partial charge is 0.475 e. The molecule has 2 unspecified atom stereocenters. The van der Waals surface area contributed by atoms with Gasteiger partial charge in [-0.15, -0.1) is 0 Å².